The fourth-order valence-corrected chi connectivity index (χ4v) is 3.19. The normalized spacial score (nSPS) is 17.2. The molecule has 7 nitrogen and oxygen atoms in total. The Bertz CT molecular complexity index is 893. The minimum Gasteiger partial charge on any atom is -0.420 e. The van der Waals surface area contributed by atoms with Gasteiger partial charge in [-0.05, 0) is 25.0 Å². The van der Waals surface area contributed by atoms with Crippen molar-refractivity contribution in [3.63, 3.8) is 0 Å². The molecule has 1 aromatic carbocycles. The number of fused-ring (bicyclic) bond motifs is 1. The summed E-state index contributed by atoms with van der Waals surface area (Å²) in [6.45, 7) is 3.27. The van der Waals surface area contributed by atoms with Crippen LogP contribution in [0.25, 0.3) is 22.5 Å². The van der Waals surface area contributed by atoms with Gasteiger partial charge in [-0.1, -0.05) is 18.2 Å². The van der Waals surface area contributed by atoms with Crippen molar-refractivity contribution < 1.29 is 13.9 Å². The zero-order valence-corrected chi connectivity index (χ0v) is 14.1. The summed E-state index contributed by atoms with van der Waals surface area (Å²) in [7, 11) is 0. The van der Waals surface area contributed by atoms with Crippen LogP contribution in [-0.4, -0.2) is 39.9 Å². The van der Waals surface area contributed by atoms with Crippen LogP contribution in [0.1, 0.15) is 18.7 Å². The monoisotopic (exact) mass is 340 g/mol. The Hall–Kier alpha value is -2.67. The topological polar surface area (TPSA) is 82.2 Å². The van der Waals surface area contributed by atoms with Gasteiger partial charge in [0.2, 0.25) is 11.8 Å². The minimum absolute atomic E-state index is 0.0608. The Labute approximate surface area is 145 Å². The van der Waals surface area contributed by atoms with Gasteiger partial charge < -0.3 is 19.0 Å². The van der Waals surface area contributed by atoms with E-state index in [0.717, 1.165) is 36.0 Å². The van der Waals surface area contributed by atoms with Crippen molar-refractivity contribution in [3.05, 3.63) is 36.2 Å². The third kappa shape index (κ3) is 3.28. The van der Waals surface area contributed by atoms with Gasteiger partial charge in [0.25, 0.3) is 5.89 Å². The molecule has 1 fully saturated rings. The van der Waals surface area contributed by atoms with E-state index in [1.165, 1.54) is 0 Å². The Morgan fingerprint density at radius 1 is 1.36 bits per heavy atom. The molecular weight excluding hydrogens is 320 g/mol. The maximum atomic E-state index is 12.4. The highest BCUT2D eigenvalue weighted by Gasteiger charge is 2.19. The molecule has 1 aliphatic heterocycles. The fraction of sp³-hybridized carbons (Fsp3) is 0.389. The largest absolute Gasteiger partial charge is 0.420 e. The molecule has 0 aliphatic carbocycles. The van der Waals surface area contributed by atoms with Crippen LogP contribution in [-0.2, 0) is 16.1 Å². The van der Waals surface area contributed by atoms with E-state index in [4.69, 9.17) is 9.15 Å². The number of amides is 1. The smallest absolute Gasteiger partial charge is 0.264 e. The summed E-state index contributed by atoms with van der Waals surface area (Å²) in [6.07, 6.45) is 2.19. The highest BCUT2D eigenvalue weighted by molar-refractivity contribution is 5.88. The van der Waals surface area contributed by atoms with Crippen LogP contribution >= 0.6 is 0 Å². The molecule has 1 amide bonds. The van der Waals surface area contributed by atoms with Gasteiger partial charge in [0, 0.05) is 31.0 Å². The quantitative estimate of drug-likeness (QED) is 0.770. The summed E-state index contributed by atoms with van der Waals surface area (Å²) < 4.78 is 13.0. The summed E-state index contributed by atoms with van der Waals surface area (Å²) in [6, 6.07) is 9.87. The molecule has 1 saturated heterocycles. The second-order valence-corrected chi connectivity index (χ2v) is 6.24. The maximum Gasteiger partial charge on any atom is 0.264 e. The number of aromatic nitrogens is 3. The summed E-state index contributed by atoms with van der Waals surface area (Å²) in [5.74, 6) is 0.851. The average Bonchev–Trinajstić information content (AvgIpc) is 3.33. The first kappa shape index (κ1) is 15.8. The molecule has 1 atom stereocenters. The van der Waals surface area contributed by atoms with Gasteiger partial charge >= 0.3 is 0 Å². The van der Waals surface area contributed by atoms with Crippen molar-refractivity contribution in [2.45, 2.75) is 32.4 Å². The second-order valence-electron chi connectivity index (χ2n) is 6.24. The molecule has 130 valence electrons. The van der Waals surface area contributed by atoms with Gasteiger partial charge in [0.15, 0.2) is 0 Å². The van der Waals surface area contributed by atoms with E-state index >= 15 is 0 Å². The van der Waals surface area contributed by atoms with Gasteiger partial charge in [-0.15, -0.1) is 10.2 Å². The molecule has 1 N–H and O–H groups in total. The summed E-state index contributed by atoms with van der Waals surface area (Å²) in [5, 5.41) is 12.0. The molecule has 2 aromatic heterocycles. The Morgan fingerprint density at radius 2 is 2.24 bits per heavy atom. The first-order chi connectivity index (χ1) is 12.2. The highest BCUT2D eigenvalue weighted by Crippen LogP contribution is 2.27. The zero-order chi connectivity index (χ0) is 17.2. The van der Waals surface area contributed by atoms with Crippen LogP contribution in [0.15, 0.2) is 34.7 Å². The number of nitrogens with zero attached hydrogens (tertiary/aromatic N) is 3. The van der Waals surface area contributed by atoms with Crippen LogP contribution in [0.2, 0.25) is 0 Å². The Balaban J connectivity index is 1.59. The number of aryl methyl sites for hydroxylation is 1. The lowest BCUT2D eigenvalue weighted by molar-refractivity contribution is -0.122. The Kier molecular flexibility index (Phi) is 4.23. The third-order valence-corrected chi connectivity index (χ3v) is 4.41. The van der Waals surface area contributed by atoms with E-state index in [1.807, 2.05) is 34.9 Å². The minimum atomic E-state index is -0.0608. The van der Waals surface area contributed by atoms with Crippen molar-refractivity contribution in [2.75, 3.05) is 13.2 Å². The molecule has 0 radical (unpaired) electrons. The van der Waals surface area contributed by atoms with Gasteiger partial charge in [-0.25, -0.2) is 0 Å². The summed E-state index contributed by atoms with van der Waals surface area (Å²) >= 11 is 0. The highest BCUT2D eigenvalue weighted by atomic mass is 16.5. The number of para-hydroxylation sites is 1. The molecule has 25 heavy (non-hydrogen) atoms. The summed E-state index contributed by atoms with van der Waals surface area (Å²) in [5.41, 5.74) is 1.70. The molecule has 0 saturated carbocycles. The number of rotatable bonds is 5. The number of hydrogen-bond acceptors (Lipinski definition) is 5. The molecule has 3 aromatic rings. The number of nitrogens with one attached hydrogen (secondary N) is 1. The van der Waals surface area contributed by atoms with Crippen molar-refractivity contribution in [2.24, 2.45) is 0 Å². The second kappa shape index (κ2) is 6.68. The number of carbonyl (C=O) groups is 1. The van der Waals surface area contributed by atoms with Crippen LogP contribution in [0.5, 0.6) is 0 Å². The van der Waals surface area contributed by atoms with Crippen LogP contribution in [0.4, 0.5) is 0 Å². The molecule has 3 heterocycles. The predicted octanol–water partition coefficient (Wildman–Crippen LogP) is 2.29. The van der Waals surface area contributed by atoms with E-state index in [2.05, 4.69) is 15.5 Å². The number of hydrogen-bond donors (Lipinski definition) is 1. The van der Waals surface area contributed by atoms with E-state index in [1.54, 1.807) is 6.92 Å². The summed E-state index contributed by atoms with van der Waals surface area (Å²) in [4.78, 5) is 12.4. The van der Waals surface area contributed by atoms with Crippen LogP contribution in [0, 0.1) is 6.92 Å². The molecule has 1 aliphatic rings. The number of carbonyl (C=O) groups excluding carboxylic acids is 1. The van der Waals surface area contributed by atoms with Gasteiger partial charge in [-0.3, -0.25) is 4.79 Å². The molecule has 0 spiro atoms. The molecular formula is C18H20N4O3. The van der Waals surface area contributed by atoms with Crippen molar-refractivity contribution in [3.8, 4) is 11.6 Å². The van der Waals surface area contributed by atoms with Crippen LogP contribution < -0.4 is 5.32 Å². The zero-order valence-electron chi connectivity index (χ0n) is 14.1. The number of benzene rings is 1. The SMILES string of the molecule is Cc1nnc(-c2cc3ccccc3n2CC(=O)NCC2CCCO2)o1. The lowest BCUT2D eigenvalue weighted by Crippen LogP contribution is -2.34. The van der Waals surface area contributed by atoms with Gasteiger partial charge in [0.1, 0.15) is 12.2 Å². The predicted molar refractivity (Wildman–Crippen MR) is 92.0 cm³/mol. The van der Waals surface area contributed by atoms with Crippen LogP contribution in [0.3, 0.4) is 0 Å². The van der Waals surface area contributed by atoms with E-state index in [0.29, 0.717) is 18.3 Å². The lowest BCUT2D eigenvalue weighted by atomic mass is 10.2. The third-order valence-electron chi connectivity index (χ3n) is 4.41. The molecule has 7 heteroatoms. The fourth-order valence-electron chi connectivity index (χ4n) is 3.19. The van der Waals surface area contributed by atoms with Gasteiger partial charge in [-0.2, -0.15) is 0 Å². The first-order valence-corrected chi connectivity index (χ1v) is 8.48. The number of ether oxygens (including phenoxy) is 1. The van der Waals surface area contributed by atoms with Crippen molar-refractivity contribution in [1.29, 1.82) is 0 Å². The molecule has 4 rings (SSSR count). The van der Waals surface area contributed by atoms with Crippen molar-refractivity contribution >= 4 is 16.8 Å². The van der Waals surface area contributed by atoms with E-state index in [-0.39, 0.29) is 18.6 Å². The first-order valence-electron chi connectivity index (χ1n) is 8.48. The molecule has 0 bridgehead atoms. The molecule has 1 unspecified atom stereocenters. The average molecular weight is 340 g/mol. The lowest BCUT2D eigenvalue weighted by Gasteiger charge is -2.12. The maximum absolute atomic E-state index is 12.4. The Morgan fingerprint density at radius 3 is 3.00 bits per heavy atom. The van der Waals surface area contributed by atoms with Crippen molar-refractivity contribution in [1.82, 2.24) is 20.1 Å². The standard InChI is InChI=1S/C18H20N4O3/c1-12-20-21-18(25-12)16-9-13-5-2-3-7-15(13)22(16)11-17(23)19-10-14-6-4-8-24-14/h2-3,5,7,9,14H,4,6,8,10-11H2,1H3,(H,19,23). The van der Waals surface area contributed by atoms with Gasteiger partial charge in [0.05, 0.1) is 6.10 Å². The van der Waals surface area contributed by atoms with E-state index in [9.17, 15) is 4.79 Å². The van der Waals surface area contributed by atoms with E-state index < -0.39 is 0 Å².